The number of nitrogens with two attached hydrogens (primary N) is 1. The maximum atomic E-state index is 12.1. The lowest BCUT2D eigenvalue weighted by atomic mass is 10.0. The van der Waals surface area contributed by atoms with Gasteiger partial charge in [-0.25, -0.2) is 4.79 Å². The third kappa shape index (κ3) is 3.10. The topological polar surface area (TPSA) is 58.4 Å². The van der Waals surface area contributed by atoms with Gasteiger partial charge in [-0.2, -0.15) is 13.2 Å². The van der Waals surface area contributed by atoms with E-state index in [2.05, 4.69) is 0 Å². The fraction of sp³-hybridized carbons (Fsp3) is 0.417. The average molecular weight is 273 g/mol. The molecule has 0 fully saturated rings. The summed E-state index contributed by atoms with van der Waals surface area (Å²) < 4.78 is 36.3. The molecule has 0 aliphatic carbocycles. The van der Waals surface area contributed by atoms with Crippen molar-refractivity contribution >= 4 is 17.4 Å². The second kappa shape index (κ2) is 4.99. The number of benzene rings is 1. The lowest BCUT2D eigenvalue weighted by molar-refractivity contribution is -0.122. The molecule has 2 amide bonds. The standard InChI is InChI=1S/C12H14F3N3O/c13-12(14,15)7-17-11(19)18-6-2-3-8-9(16)4-1-5-10(8)18/h1,4-5H,2-3,6-7,16H2,(H,17,19). The molecule has 2 rings (SSSR count). The van der Waals surface area contributed by atoms with Crippen LogP contribution in [0.1, 0.15) is 12.0 Å². The normalized spacial score (nSPS) is 15.0. The van der Waals surface area contributed by atoms with Crippen LogP contribution in [-0.4, -0.2) is 25.3 Å². The minimum absolute atomic E-state index is 0.389. The zero-order chi connectivity index (χ0) is 14.0. The lowest BCUT2D eigenvalue weighted by Gasteiger charge is -2.30. The van der Waals surface area contributed by atoms with Gasteiger partial charge in [0.25, 0.3) is 0 Å². The van der Waals surface area contributed by atoms with Gasteiger partial charge >= 0.3 is 12.2 Å². The third-order valence-corrected chi connectivity index (χ3v) is 2.97. The van der Waals surface area contributed by atoms with E-state index in [0.29, 0.717) is 24.3 Å². The molecule has 1 aromatic rings. The van der Waals surface area contributed by atoms with Crippen molar-refractivity contribution in [1.29, 1.82) is 0 Å². The fourth-order valence-electron chi connectivity index (χ4n) is 2.13. The van der Waals surface area contributed by atoms with Crippen LogP contribution in [0.25, 0.3) is 0 Å². The number of nitrogens with one attached hydrogen (secondary N) is 1. The van der Waals surface area contributed by atoms with Crippen LogP contribution in [0.5, 0.6) is 0 Å². The van der Waals surface area contributed by atoms with Crippen molar-refractivity contribution in [3.05, 3.63) is 23.8 Å². The van der Waals surface area contributed by atoms with Gasteiger partial charge in [-0.15, -0.1) is 0 Å². The van der Waals surface area contributed by atoms with Gasteiger partial charge in [-0.05, 0) is 30.5 Å². The second-order valence-electron chi connectivity index (χ2n) is 4.37. The van der Waals surface area contributed by atoms with E-state index in [1.807, 2.05) is 5.32 Å². The van der Waals surface area contributed by atoms with Crippen molar-refractivity contribution in [2.24, 2.45) is 0 Å². The summed E-state index contributed by atoms with van der Waals surface area (Å²) in [6.45, 7) is -0.944. The highest BCUT2D eigenvalue weighted by Gasteiger charge is 2.30. The van der Waals surface area contributed by atoms with Gasteiger partial charge < -0.3 is 11.1 Å². The molecule has 4 nitrogen and oxygen atoms in total. The molecule has 1 heterocycles. The minimum Gasteiger partial charge on any atom is -0.398 e. The van der Waals surface area contributed by atoms with Crippen LogP contribution in [-0.2, 0) is 6.42 Å². The molecule has 104 valence electrons. The van der Waals surface area contributed by atoms with Crippen molar-refractivity contribution in [3.63, 3.8) is 0 Å². The number of alkyl halides is 3. The molecule has 0 aromatic heterocycles. The molecule has 1 aromatic carbocycles. The second-order valence-corrected chi connectivity index (χ2v) is 4.37. The summed E-state index contributed by atoms with van der Waals surface area (Å²) >= 11 is 0. The van der Waals surface area contributed by atoms with Gasteiger partial charge in [0.1, 0.15) is 6.54 Å². The van der Waals surface area contributed by atoms with Crippen LogP contribution in [0.4, 0.5) is 29.3 Å². The minimum atomic E-state index is -4.41. The van der Waals surface area contributed by atoms with Crippen molar-refractivity contribution in [2.45, 2.75) is 19.0 Å². The van der Waals surface area contributed by atoms with Crippen molar-refractivity contribution in [1.82, 2.24) is 5.32 Å². The van der Waals surface area contributed by atoms with Crippen LogP contribution in [0, 0.1) is 0 Å². The van der Waals surface area contributed by atoms with Crippen LogP contribution in [0.3, 0.4) is 0 Å². The van der Waals surface area contributed by atoms with E-state index in [0.717, 1.165) is 12.0 Å². The van der Waals surface area contributed by atoms with Crippen molar-refractivity contribution in [2.75, 3.05) is 23.7 Å². The van der Waals surface area contributed by atoms with Gasteiger partial charge in [0.15, 0.2) is 0 Å². The monoisotopic (exact) mass is 273 g/mol. The van der Waals surface area contributed by atoms with E-state index < -0.39 is 18.8 Å². The molecule has 3 N–H and O–H groups in total. The SMILES string of the molecule is Nc1cccc2c1CCCN2C(=O)NCC(F)(F)F. The first kappa shape index (κ1) is 13.5. The summed E-state index contributed by atoms with van der Waals surface area (Å²) in [4.78, 5) is 13.1. The molecular weight excluding hydrogens is 259 g/mol. The van der Waals surface area contributed by atoms with E-state index in [9.17, 15) is 18.0 Å². The number of anilines is 2. The number of hydrogen-bond donors (Lipinski definition) is 2. The van der Waals surface area contributed by atoms with Crippen LogP contribution in [0.15, 0.2) is 18.2 Å². The summed E-state index contributed by atoms with van der Waals surface area (Å²) in [6, 6.07) is 4.35. The molecule has 0 atom stereocenters. The lowest BCUT2D eigenvalue weighted by Crippen LogP contribution is -2.45. The number of halogens is 3. The zero-order valence-electron chi connectivity index (χ0n) is 10.1. The van der Waals surface area contributed by atoms with Crippen LogP contribution >= 0.6 is 0 Å². The number of carbonyl (C=O) groups is 1. The molecule has 0 spiro atoms. The smallest absolute Gasteiger partial charge is 0.398 e. The Labute approximate surface area is 108 Å². The largest absolute Gasteiger partial charge is 0.405 e. The maximum absolute atomic E-state index is 12.1. The molecule has 7 heteroatoms. The Morgan fingerprint density at radius 1 is 1.42 bits per heavy atom. The molecule has 0 saturated heterocycles. The molecule has 19 heavy (non-hydrogen) atoms. The van der Waals surface area contributed by atoms with Gasteiger partial charge in [-0.1, -0.05) is 6.07 Å². The van der Waals surface area contributed by atoms with E-state index in [1.165, 1.54) is 4.90 Å². The average Bonchev–Trinajstić information content (AvgIpc) is 2.35. The Bertz CT molecular complexity index is 488. The Morgan fingerprint density at radius 2 is 2.16 bits per heavy atom. The molecule has 0 unspecified atom stereocenters. The highest BCUT2D eigenvalue weighted by atomic mass is 19.4. The zero-order valence-corrected chi connectivity index (χ0v) is 10.1. The Balaban J connectivity index is 2.15. The van der Waals surface area contributed by atoms with Gasteiger partial charge in [0, 0.05) is 12.2 Å². The Kier molecular flexibility index (Phi) is 3.55. The summed E-state index contributed by atoms with van der Waals surface area (Å²) in [5.41, 5.74) is 7.77. The predicted molar refractivity (Wildman–Crippen MR) is 66.0 cm³/mol. The summed E-state index contributed by atoms with van der Waals surface area (Å²) in [5, 5.41) is 1.87. The molecule has 0 saturated carbocycles. The first-order chi connectivity index (χ1) is 8.88. The van der Waals surface area contributed by atoms with Crippen molar-refractivity contribution in [3.8, 4) is 0 Å². The summed E-state index contributed by atoms with van der Waals surface area (Å²) in [7, 11) is 0. The quantitative estimate of drug-likeness (QED) is 0.771. The Morgan fingerprint density at radius 3 is 2.84 bits per heavy atom. The fourth-order valence-corrected chi connectivity index (χ4v) is 2.13. The first-order valence-corrected chi connectivity index (χ1v) is 5.88. The van der Waals surface area contributed by atoms with Crippen LogP contribution < -0.4 is 16.0 Å². The molecule has 0 radical (unpaired) electrons. The number of carbonyl (C=O) groups excluding carboxylic acids is 1. The van der Waals surface area contributed by atoms with Crippen LogP contribution in [0.2, 0.25) is 0 Å². The number of nitrogens with zero attached hydrogens (tertiary/aromatic N) is 1. The number of urea groups is 1. The number of hydrogen-bond acceptors (Lipinski definition) is 2. The highest BCUT2D eigenvalue weighted by Crippen LogP contribution is 2.31. The first-order valence-electron chi connectivity index (χ1n) is 5.88. The number of nitrogen functional groups attached to an aromatic ring is 1. The number of amides is 2. The molecule has 0 bridgehead atoms. The summed E-state index contributed by atoms with van der Waals surface area (Å²) in [6.07, 6.45) is -3.00. The molecule has 1 aliphatic heterocycles. The van der Waals surface area contributed by atoms with Gasteiger partial charge in [0.05, 0.1) is 5.69 Å². The molecule has 1 aliphatic rings. The number of rotatable bonds is 1. The maximum Gasteiger partial charge on any atom is 0.405 e. The predicted octanol–water partition coefficient (Wildman–Crippen LogP) is 2.29. The Hall–Kier alpha value is -1.92. The van der Waals surface area contributed by atoms with E-state index in [4.69, 9.17) is 5.73 Å². The van der Waals surface area contributed by atoms with Gasteiger partial charge in [0.2, 0.25) is 0 Å². The van der Waals surface area contributed by atoms with E-state index in [-0.39, 0.29) is 0 Å². The number of fused-ring (bicyclic) bond motifs is 1. The third-order valence-electron chi connectivity index (χ3n) is 2.97. The van der Waals surface area contributed by atoms with E-state index >= 15 is 0 Å². The summed E-state index contributed by atoms with van der Waals surface area (Å²) in [5.74, 6) is 0. The van der Waals surface area contributed by atoms with Crippen molar-refractivity contribution < 1.29 is 18.0 Å². The van der Waals surface area contributed by atoms with Gasteiger partial charge in [-0.3, -0.25) is 4.90 Å². The molecular formula is C12H14F3N3O. The highest BCUT2D eigenvalue weighted by molar-refractivity contribution is 5.94. The van der Waals surface area contributed by atoms with E-state index in [1.54, 1.807) is 18.2 Å².